The van der Waals surface area contributed by atoms with Crippen LogP contribution in [0.5, 0.6) is 0 Å². The van der Waals surface area contributed by atoms with Crippen LogP contribution in [0.1, 0.15) is 42.4 Å². The van der Waals surface area contributed by atoms with Gasteiger partial charge in [0.2, 0.25) is 0 Å². The Balaban J connectivity index is 2.01. The van der Waals surface area contributed by atoms with Gasteiger partial charge in [0.25, 0.3) is 0 Å². The average molecular weight is 216 g/mol. The van der Waals surface area contributed by atoms with Crippen molar-refractivity contribution < 1.29 is 4.79 Å². The van der Waals surface area contributed by atoms with Gasteiger partial charge in [0.15, 0.2) is 0 Å². The summed E-state index contributed by atoms with van der Waals surface area (Å²) in [6.07, 6.45) is 4.93. The van der Waals surface area contributed by atoms with Crippen molar-refractivity contribution in [3.63, 3.8) is 0 Å². The highest BCUT2D eigenvalue weighted by atomic mass is 16.1. The molecule has 1 aromatic carbocycles. The lowest BCUT2D eigenvalue weighted by molar-refractivity contribution is -0.120. The number of ketones is 1. The second-order valence-corrected chi connectivity index (χ2v) is 5.12. The maximum absolute atomic E-state index is 11.2. The molecule has 1 nitrogen and oxygen atoms in total. The first-order valence-corrected chi connectivity index (χ1v) is 6.23. The quantitative estimate of drug-likeness (QED) is 0.738. The third-order valence-electron chi connectivity index (χ3n) is 3.67. The second-order valence-electron chi connectivity index (χ2n) is 5.12. The lowest BCUT2D eigenvalue weighted by atomic mass is 9.83. The summed E-state index contributed by atoms with van der Waals surface area (Å²) in [5.41, 5.74) is 4.20. The summed E-state index contributed by atoms with van der Waals surface area (Å²) in [5, 5.41) is 0. The Morgan fingerprint density at radius 1 is 1.19 bits per heavy atom. The molecular weight excluding hydrogens is 196 g/mol. The molecule has 1 heteroatoms. The fourth-order valence-electron chi connectivity index (χ4n) is 2.59. The number of rotatable bonds is 2. The highest BCUT2D eigenvalue weighted by Crippen LogP contribution is 2.26. The van der Waals surface area contributed by atoms with Crippen molar-refractivity contribution >= 4 is 5.78 Å². The largest absolute Gasteiger partial charge is 0.300 e. The third-order valence-corrected chi connectivity index (χ3v) is 3.67. The van der Waals surface area contributed by atoms with E-state index in [0.717, 1.165) is 38.0 Å². The van der Waals surface area contributed by atoms with Crippen LogP contribution >= 0.6 is 0 Å². The van der Waals surface area contributed by atoms with Crippen molar-refractivity contribution in [3.05, 3.63) is 34.9 Å². The number of carbonyl (C=O) groups is 1. The monoisotopic (exact) mass is 216 g/mol. The number of hydrogen-bond acceptors (Lipinski definition) is 1. The van der Waals surface area contributed by atoms with Crippen LogP contribution in [0.3, 0.4) is 0 Å². The molecule has 2 rings (SSSR count). The van der Waals surface area contributed by atoms with E-state index >= 15 is 0 Å². The summed E-state index contributed by atoms with van der Waals surface area (Å²) >= 11 is 0. The maximum Gasteiger partial charge on any atom is 0.132 e. The second kappa shape index (κ2) is 4.82. The number of aryl methyl sites for hydroxylation is 2. The Labute approximate surface area is 97.9 Å². The fourth-order valence-corrected chi connectivity index (χ4v) is 2.59. The normalized spacial score (nSPS) is 17.8. The Hall–Kier alpha value is -1.11. The fraction of sp³-hybridized carbons (Fsp3) is 0.533. The zero-order chi connectivity index (χ0) is 11.5. The summed E-state index contributed by atoms with van der Waals surface area (Å²) in [7, 11) is 0. The van der Waals surface area contributed by atoms with Gasteiger partial charge in [-0.15, -0.1) is 0 Å². The predicted molar refractivity (Wildman–Crippen MR) is 66.6 cm³/mol. The van der Waals surface area contributed by atoms with E-state index in [9.17, 15) is 4.79 Å². The lowest BCUT2D eigenvalue weighted by Crippen LogP contribution is -2.16. The van der Waals surface area contributed by atoms with E-state index in [0.29, 0.717) is 5.78 Å². The number of benzene rings is 1. The molecule has 0 saturated heterocycles. The van der Waals surface area contributed by atoms with Crippen molar-refractivity contribution in [3.8, 4) is 0 Å². The Morgan fingerprint density at radius 3 is 2.50 bits per heavy atom. The van der Waals surface area contributed by atoms with Gasteiger partial charge in [-0.1, -0.05) is 23.8 Å². The number of carbonyl (C=O) groups excluding carboxylic acids is 1. The van der Waals surface area contributed by atoms with Crippen LogP contribution < -0.4 is 0 Å². The van der Waals surface area contributed by atoms with Gasteiger partial charge in [0.1, 0.15) is 5.78 Å². The van der Waals surface area contributed by atoms with E-state index < -0.39 is 0 Å². The van der Waals surface area contributed by atoms with Gasteiger partial charge in [-0.3, -0.25) is 4.79 Å². The molecule has 0 aliphatic heterocycles. The maximum atomic E-state index is 11.2. The molecule has 0 unspecified atom stereocenters. The molecule has 86 valence electrons. The van der Waals surface area contributed by atoms with E-state index in [2.05, 4.69) is 32.0 Å². The summed E-state index contributed by atoms with van der Waals surface area (Å²) in [4.78, 5) is 11.2. The van der Waals surface area contributed by atoms with Gasteiger partial charge in [0.05, 0.1) is 0 Å². The molecule has 1 fully saturated rings. The Bertz CT molecular complexity index is 382. The zero-order valence-electron chi connectivity index (χ0n) is 10.3. The van der Waals surface area contributed by atoms with Gasteiger partial charge in [-0.2, -0.15) is 0 Å². The lowest BCUT2D eigenvalue weighted by Gasteiger charge is -2.21. The molecule has 0 N–H and O–H groups in total. The van der Waals surface area contributed by atoms with E-state index in [1.165, 1.54) is 16.7 Å². The molecule has 1 aromatic rings. The molecule has 0 bridgehead atoms. The molecule has 16 heavy (non-hydrogen) atoms. The van der Waals surface area contributed by atoms with Gasteiger partial charge in [-0.05, 0) is 50.2 Å². The molecule has 0 spiro atoms. The molecule has 0 amide bonds. The van der Waals surface area contributed by atoms with Crippen molar-refractivity contribution in [2.45, 2.75) is 46.0 Å². The highest BCUT2D eigenvalue weighted by molar-refractivity contribution is 5.79. The van der Waals surface area contributed by atoms with Crippen LogP contribution in [0, 0.1) is 19.8 Å². The third kappa shape index (κ3) is 2.72. The van der Waals surface area contributed by atoms with E-state index in [1.807, 2.05) is 0 Å². The first kappa shape index (κ1) is 11.4. The number of hydrogen-bond donors (Lipinski definition) is 0. The van der Waals surface area contributed by atoms with E-state index in [1.54, 1.807) is 0 Å². The summed E-state index contributed by atoms with van der Waals surface area (Å²) in [6.45, 7) is 4.33. The molecule has 1 aliphatic rings. The van der Waals surface area contributed by atoms with Gasteiger partial charge in [-0.25, -0.2) is 0 Å². The van der Waals surface area contributed by atoms with Gasteiger partial charge in [0, 0.05) is 12.8 Å². The topological polar surface area (TPSA) is 17.1 Å². The van der Waals surface area contributed by atoms with Crippen LogP contribution in [0.25, 0.3) is 0 Å². The minimum absolute atomic E-state index is 0.455. The summed E-state index contributed by atoms with van der Waals surface area (Å²) in [5.74, 6) is 1.18. The smallest absolute Gasteiger partial charge is 0.132 e. The molecule has 0 atom stereocenters. The van der Waals surface area contributed by atoms with E-state index in [-0.39, 0.29) is 0 Å². The molecule has 1 aliphatic carbocycles. The highest BCUT2D eigenvalue weighted by Gasteiger charge is 2.19. The molecule has 1 saturated carbocycles. The van der Waals surface area contributed by atoms with Gasteiger partial charge < -0.3 is 0 Å². The first-order chi connectivity index (χ1) is 7.65. The average Bonchev–Trinajstić information content (AvgIpc) is 2.25. The van der Waals surface area contributed by atoms with Crippen LogP contribution in [0.2, 0.25) is 0 Å². The molecule has 0 aromatic heterocycles. The van der Waals surface area contributed by atoms with Crippen LogP contribution in [-0.4, -0.2) is 5.78 Å². The number of Topliss-reactive ketones (excluding diaryl/α,β-unsaturated/α-hetero) is 1. The van der Waals surface area contributed by atoms with Crippen molar-refractivity contribution in [1.82, 2.24) is 0 Å². The van der Waals surface area contributed by atoms with Gasteiger partial charge >= 0.3 is 0 Å². The van der Waals surface area contributed by atoms with Crippen molar-refractivity contribution in [2.75, 3.05) is 0 Å². The summed E-state index contributed by atoms with van der Waals surface area (Å²) in [6, 6.07) is 6.70. The minimum atomic E-state index is 0.455. The predicted octanol–water partition coefficient (Wildman–Crippen LogP) is 3.61. The van der Waals surface area contributed by atoms with Crippen molar-refractivity contribution in [2.24, 2.45) is 5.92 Å². The standard InChI is InChI=1S/C15H20O/c1-11-3-6-14(12(2)9-11)10-13-4-7-15(16)8-5-13/h3,6,9,13H,4-5,7-8,10H2,1-2H3. The Morgan fingerprint density at radius 2 is 1.88 bits per heavy atom. The minimum Gasteiger partial charge on any atom is -0.300 e. The zero-order valence-corrected chi connectivity index (χ0v) is 10.3. The summed E-state index contributed by atoms with van der Waals surface area (Å²) < 4.78 is 0. The van der Waals surface area contributed by atoms with Crippen LogP contribution in [0.4, 0.5) is 0 Å². The SMILES string of the molecule is Cc1ccc(CC2CCC(=O)CC2)c(C)c1. The molecule has 0 heterocycles. The van der Waals surface area contributed by atoms with E-state index in [4.69, 9.17) is 0 Å². The van der Waals surface area contributed by atoms with Crippen LogP contribution in [-0.2, 0) is 11.2 Å². The van der Waals surface area contributed by atoms with Crippen molar-refractivity contribution in [1.29, 1.82) is 0 Å². The first-order valence-electron chi connectivity index (χ1n) is 6.23. The Kier molecular flexibility index (Phi) is 3.42. The molecule has 0 radical (unpaired) electrons. The van der Waals surface area contributed by atoms with Crippen LogP contribution in [0.15, 0.2) is 18.2 Å². The molecular formula is C15H20O.